The second-order valence-corrected chi connectivity index (χ2v) is 2.48. The molecule has 0 aromatic carbocycles. The number of nitrogens with zero attached hydrogens (tertiary/aromatic N) is 2. The lowest BCUT2D eigenvalue weighted by Crippen LogP contribution is -1.68. The van der Waals surface area contributed by atoms with E-state index in [0.717, 1.165) is 0 Å². The number of aryl methyl sites for hydroxylation is 1. The fraction of sp³-hybridized carbons (Fsp3) is 0.167. The molecule has 0 spiro atoms. The number of rotatable bonds is 0. The zero-order valence-corrected chi connectivity index (χ0v) is 7.70. The van der Waals surface area contributed by atoms with E-state index in [1.54, 1.807) is 12.4 Å². The minimum atomic E-state index is -2.65. The van der Waals surface area contributed by atoms with Gasteiger partial charge in [-0.2, -0.15) is 0 Å². The third-order valence-electron chi connectivity index (χ3n) is 1.32. The van der Waals surface area contributed by atoms with E-state index in [0.29, 0.717) is 0 Å². The average Bonchev–Trinajstić information content (AvgIpc) is 2.37. The van der Waals surface area contributed by atoms with Crippen LogP contribution in [0, 0.1) is 13.8 Å². The van der Waals surface area contributed by atoms with Crippen LogP contribution in [0.4, 0.5) is 0 Å². The second-order valence-electron chi connectivity index (χ2n) is 2.48. The zero-order chi connectivity index (χ0) is 16.2. The molecular formula is C12H14N2. The van der Waals surface area contributed by atoms with Crippen molar-refractivity contribution in [1.29, 1.82) is 0 Å². The summed E-state index contributed by atoms with van der Waals surface area (Å²) in [6.45, 7) is -0.607. The van der Waals surface area contributed by atoms with Crippen molar-refractivity contribution in [2.75, 3.05) is 0 Å². The Morgan fingerprint density at radius 3 is 2.14 bits per heavy atom. The standard InChI is InChI=1S/2C6H7N/c2*1-6-2-4-7-5-3-6/h2*2-5H,1H3/i1D3,2D,3D,4D,5D;. The van der Waals surface area contributed by atoms with Crippen molar-refractivity contribution in [3.63, 3.8) is 0 Å². The third kappa shape index (κ3) is 4.36. The van der Waals surface area contributed by atoms with Crippen LogP contribution in [-0.2, 0) is 0 Å². The normalized spacial score (nSPS) is 16.8. The van der Waals surface area contributed by atoms with Gasteiger partial charge in [-0.25, -0.2) is 0 Å². The molecule has 0 fully saturated rings. The fourth-order valence-corrected chi connectivity index (χ4v) is 0.653. The molecule has 2 nitrogen and oxygen atoms in total. The molecule has 0 N–H and O–H groups in total. The van der Waals surface area contributed by atoms with E-state index < -0.39 is 36.8 Å². The summed E-state index contributed by atoms with van der Waals surface area (Å²) >= 11 is 0. The second kappa shape index (κ2) is 5.86. The van der Waals surface area contributed by atoms with Gasteiger partial charge in [-0.15, -0.1) is 0 Å². The van der Waals surface area contributed by atoms with Crippen molar-refractivity contribution in [2.45, 2.75) is 13.8 Å². The van der Waals surface area contributed by atoms with E-state index in [2.05, 4.69) is 9.97 Å². The smallest absolute Gasteiger partial charge is 0.0840 e. The van der Waals surface area contributed by atoms with Gasteiger partial charge in [0.1, 0.15) is 0 Å². The Morgan fingerprint density at radius 1 is 1.07 bits per heavy atom. The lowest BCUT2D eigenvalue weighted by molar-refractivity contribution is 1.29. The minimum absolute atomic E-state index is 0.581. The Bertz CT molecular complexity index is 585. The molecule has 0 atom stereocenters. The van der Waals surface area contributed by atoms with E-state index in [1.165, 1.54) is 5.56 Å². The van der Waals surface area contributed by atoms with Gasteiger partial charge in [-0.3, -0.25) is 9.97 Å². The SMILES string of the molecule is Cc1ccncc1.[2H]c1nc([2H])c([2H])c(C([2H])([2H])[2H])c1[2H]. The molecule has 2 rings (SSSR count). The first-order valence-electron chi connectivity index (χ1n) is 7.46. The summed E-state index contributed by atoms with van der Waals surface area (Å²) in [7, 11) is 0. The van der Waals surface area contributed by atoms with Gasteiger partial charge in [0.15, 0.2) is 0 Å². The number of aromatic nitrogens is 2. The van der Waals surface area contributed by atoms with Crippen molar-refractivity contribution in [2.24, 2.45) is 0 Å². The molecule has 0 aliphatic carbocycles. The first-order chi connectivity index (χ1) is 9.64. The Balaban J connectivity index is 0.000000262. The molecule has 0 aliphatic heterocycles. The van der Waals surface area contributed by atoms with Crippen LogP contribution in [0.3, 0.4) is 0 Å². The molecule has 14 heavy (non-hydrogen) atoms. The minimum Gasteiger partial charge on any atom is -0.265 e. The van der Waals surface area contributed by atoms with Crippen LogP contribution in [0.15, 0.2) is 49.0 Å². The van der Waals surface area contributed by atoms with Crippen molar-refractivity contribution < 1.29 is 9.60 Å². The highest BCUT2D eigenvalue weighted by Gasteiger charge is 1.73. The molecule has 0 bridgehead atoms. The topological polar surface area (TPSA) is 25.8 Å². The summed E-state index contributed by atoms with van der Waals surface area (Å²) in [6.07, 6.45) is 2.40. The predicted molar refractivity (Wildman–Crippen MR) is 57.9 cm³/mol. The summed E-state index contributed by atoms with van der Waals surface area (Å²) in [5.41, 5.74) is 0.678. The van der Waals surface area contributed by atoms with E-state index >= 15 is 0 Å². The largest absolute Gasteiger partial charge is 0.265 e. The maximum atomic E-state index is 7.28. The van der Waals surface area contributed by atoms with Crippen LogP contribution in [0.5, 0.6) is 0 Å². The molecule has 0 amide bonds. The van der Waals surface area contributed by atoms with Crippen LogP contribution in [0.2, 0.25) is 0 Å². The van der Waals surface area contributed by atoms with Gasteiger partial charge in [0, 0.05) is 28.9 Å². The van der Waals surface area contributed by atoms with Crippen LogP contribution >= 0.6 is 0 Å². The van der Waals surface area contributed by atoms with Crippen molar-refractivity contribution in [3.05, 3.63) is 60.1 Å². The maximum absolute atomic E-state index is 7.28. The molecule has 72 valence electrons. The molecule has 0 saturated heterocycles. The zero-order valence-electron chi connectivity index (χ0n) is 14.7. The number of hydrogen-bond donors (Lipinski definition) is 0. The van der Waals surface area contributed by atoms with Crippen LogP contribution in [0.25, 0.3) is 0 Å². The van der Waals surface area contributed by atoms with E-state index in [1.807, 2.05) is 19.1 Å². The van der Waals surface area contributed by atoms with Crippen LogP contribution in [0.1, 0.15) is 20.7 Å². The van der Waals surface area contributed by atoms with E-state index in [-0.39, 0.29) is 0 Å². The fourth-order valence-electron chi connectivity index (χ4n) is 0.653. The molecule has 0 radical (unpaired) electrons. The first-order valence-corrected chi connectivity index (χ1v) is 3.96. The summed E-state index contributed by atoms with van der Waals surface area (Å²) in [6, 6.07) is 2.73. The van der Waals surface area contributed by atoms with Gasteiger partial charge >= 0.3 is 0 Å². The van der Waals surface area contributed by atoms with Gasteiger partial charge in [0.2, 0.25) is 0 Å². The summed E-state index contributed by atoms with van der Waals surface area (Å²) in [5, 5.41) is 0. The van der Waals surface area contributed by atoms with Gasteiger partial charge < -0.3 is 0 Å². The molecule has 2 heterocycles. The summed E-state index contributed by atoms with van der Waals surface area (Å²) < 4.78 is 49.9. The highest BCUT2D eigenvalue weighted by molar-refractivity contribution is 5.06. The van der Waals surface area contributed by atoms with Crippen LogP contribution < -0.4 is 0 Å². The highest BCUT2D eigenvalue weighted by Crippen LogP contribution is 1.89. The van der Waals surface area contributed by atoms with Gasteiger partial charge in [-0.1, -0.05) is 0 Å². The van der Waals surface area contributed by atoms with Crippen molar-refractivity contribution in [1.82, 2.24) is 9.97 Å². The molecule has 2 aromatic rings. The Hall–Kier alpha value is -1.70. The molecule has 0 saturated carbocycles. The van der Waals surface area contributed by atoms with E-state index in [4.69, 9.17) is 9.60 Å². The lowest BCUT2D eigenvalue weighted by Gasteiger charge is -1.82. The van der Waals surface area contributed by atoms with Crippen LogP contribution in [-0.4, -0.2) is 9.97 Å². The van der Waals surface area contributed by atoms with Gasteiger partial charge in [0.05, 0.1) is 5.48 Å². The Morgan fingerprint density at radius 2 is 1.71 bits per heavy atom. The Labute approximate surface area is 94.5 Å². The average molecular weight is 193 g/mol. The molecule has 2 aromatic heterocycles. The van der Waals surface area contributed by atoms with Crippen molar-refractivity contribution in [3.8, 4) is 0 Å². The Kier molecular flexibility index (Phi) is 1.77. The maximum Gasteiger partial charge on any atom is 0.0840 e. The molecular weight excluding hydrogens is 172 g/mol. The van der Waals surface area contributed by atoms with Crippen molar-refractivity contribution >= 4 is 0 Å². The quantitative estimate of drug-likeness (QED) is 0.643. The monoisotopic (exact) mass is 193 g/mol. The van der Waals surface area contributed by atoms with Gasteiger partial charge in [-0.05, 0) is 49.1 Å². The molecule has 2 heteroatoms. The summed E-state index contributed by atoms with van der Waals surface area (Å²) in [4.78, 5) is 7.10. The number of hydrogen-bond acceptors (Lipinski definition) is 2. The summed E-state index contributed by atoms with van der Waals surface area (Å²) in [5.74, 6) is 0. The number of pyridine rings is 2. The first kappa shape index (κ1) is 4.22. The third-order valence-corrected chi connectivity index (χ3v) is 1.32. The predicted octanol–water partition coefficient (Wildman–Crippen LogP) is 2.78. The molecule has 0 unspecified atom stereocenters. The highest BCUT2D eigenvalue weighted by atomic mass is 14.6. The lowest BCUT2D eigenvalue weighted by atomic mass is 10.3. The van der Waals surface area contributed by atoms with E-state index in [9.17, 15) is 0 Å². The molecule has 0 aliphatic rings. The van der Waals surface area contributed by atoms with Gasteiger partial charge in [0.25, 0.3) is 0 Å².